The number of nitrogens with one attached hydrogen (secondary N) is 1. The smallest absolute Gasteiger partial charge is 0.337 e. The highest BCUT2D eigenvalue weighted by molar-refractivity contribution is 5.95. The number of carboxylic acid groups (broad SMARTS) is 1. The molecule has 2 saturated carbocycles. The third-order valence-corrected chi connectivity index (χ3v) is 7.31. The first-order valence-electron chi connectivity index (χ1n) is 10.3. The molecule has 1 heterocycles. The van der Waals surface area contributed by atoms with Crippen molar-refractivity contribution in [2.75, 3.05) is 5.32 Å². The van der Waals surface area contributed by atoms with E-state index in [2.05, 4.69) is 49.5 Å². The number of hydrogen-bond acceptors (Lipinski definition) is 2. The Kier molecular flexibility index (Phi) is 3.82. The highest BCUT2D eigenvalue weighted by Gasteiger charge is 2.54. The maximum Gasteiger partial charge on any atom is 0.337 e. The van der Waals surface area contributed by atoms with Gasteiger partial charge in [0.1, 0.15) is 0 Å². The van der Waals surface area contributed by atoms with E-state index in [9.17, 15) is 9.90 Å². The Hall–Kier alpha value is -2.29. The summed E-state index contributed by atoms with van der Waals surface area (Å²) in [7, 11) is 0. The molecular formula is C24H27NO2. The summed E-state index contributed by atoms with van der Waals surface area (Å²) in [6, 6.07) is 15.0. The molecule has 2 N–H and O–H groups in total. The molecule has 1 aliphatic heterocycles. The molecule has 0 aromatic heterocycles. The van der Waals surface area contributed by atoms with Gasteiger partial charge in [0.25, 0.3) is 0 Å². The quantitative estimate of drug-likeness (QED) is 0.726. The van der Waals surface area contributed by atoms with Gasteiger partial charge in [-0.25, -0.2) is 4.79 Å². The van der Waals surface area contributed by atoms with Crippen molar-refractivity contribution < 1.29 is 9.90 Å². The third kappa shape index (κ3) is 2.51. The van der Waals surface area contributed by atoms with Gasteiger partial charge in [0.15, 0.2) is 0 Å². The molecule has 2 aromatic rings. The van der Waals surface area contributed by atoms with Crippen LogP contribution in [0.25, 0.3) is 0 Å². The van der Waals surface area contributed by atoms with E-state index in [1.165, 1.54) is 36.0 Å². The van der Waals surface area contributed by atoms with Gasteiger partial charge < -0.3 is 10.4 Å². The van der Waals surface area contributed by atoms with Gasteiger partial charge in [0, 0.05) is 0 Å². The van der Waals surface area contributed by atoms with Gasteiger partial charge in [-0.05, 0) is 71.6 Å². The highest BCUT2D eigenvalue weighted by Crippen LogP contribution is 2.64. The lowest BCUT2D eigenvalue weighted by atomic mass is 9.67. The summed E-state index contributed by atoms with van der Waals surface area (Å²) in [5, 5.41) is 13.4. The van der Waals surface area contributed by atoms with Gasteiger partial charge in [0.05, 0.1) is 17.3 Å². The van der Waals surface area contributed by atoms with Crippen molar-refractivity contribution in [1.29, 1.82) is 0 Å². The van der Waals surface area contributed by atoms with Crippen LogP contribution in [0.5, 0.6) is 0 Å². The molecule has 5 unspecified atom stereocenters. The number of carbonyl (C=O) groups is 1. The van der Waals surface area contributed by atoms with Crippen molar-refractivity contribution in [1.82, 2.24) is 0 Å². The fraction of sp³-hybridized carbons (Fsp3) is 0.458. The van der Waals surface area contributed by atoms with Crippen molar-refractivity contribution in [2.45, 2.75) is 51.0 Å². The molecule has 0 amide bonds. The van der Waals surface area contributed by atoms with Crippen molar-refractivity contribution in [3.8, 4) is 0 Å². The molecule has 140 valence electrons. The molecule has 2 aliphatic carbocycles. The number of anilines is 1. The number of benzene rings is 2. The van der Waals surface area contributed by atoms with Crippen molar-refractivity contribution in [3.05, 3.63) is 64.7 Å². The van der Waals surface area contributed by atoms with Crippen LogP contribution in [0.1, 0.15) is 78.0 Å². The Morgan fingerprint density at radius 3 is 2.52 bits per heavy atom. The minimum atomic E-state index is -0.838. The first-order valence-corrected chi connectivity index (χ1v) is 10.3. The summed E-state index contributed by atoms with van der Waals surface area (Å²) in [5.41, 5.74) is 5.16. The molecule has 2 fully saturated rings. The summed E-state index contributed by atoms with van der Waals surface area (Å²) in [4.78, 5) is 11.8. The van der Waals surface area contributed by atoms with E-state index in [1.54, 1.807) is 6.07 Å². The monoisotopic (exact) mass is 361 g/mol. The van der Waals surface area contributed by atoms with Gasteiger partial charge in [-0.3, -0.25) is 0 Å². The first-order chi connectivity index (χ1) is 13.0. The lowest BCUT2D eigenvalue weighted by Crippen LogP contribution is -2.36. The average molecular weight is 361 g/mol. The Morgan fingerprint density at radius 1 is 1.07 bits per heavy atom. The van der Waals surface area contributed by atoms with Crippen LogP contribution in [0.3, 0.4) is 0 Å². The van der Waals surface area contributed by atoms with E-state index in [0.29, 0.717) is 29.2 Å². The van der Waals surface area contributed by atoms with Gasteiger partial charge in [0.2, 0.25) is 0 Å². The van der Waals surface area contributed by atoms with Crippen LogP contribution in [0.4, 0.5) is 5.69 Å². The number of fused-ring (bicyclic) bond motifs is 7. The van der Waals surface area contributed by atoms with Crippen LogP contribution in [0.15, 0.2) is 42.5 Å². The number of carboxylic acids is 1. The van der Waals surface area contributed by atoms with Crippen LogP contribution in [0, 0.1) is 17.8 Å². The lowest BCUT2D eigenvalue weighted by molar-refractivity contribution is 0.0697. The second-order valence-electron chi connectivity index (χ2n) is 8.95. The number of hydrogen-bond donors (Lipinski definition) is 2. The van der Waals surface area contributed by atoms with Crippen LogP contribution in [-0.2, 0) is 0 Å². The fourth-order valence-corrected chi connectivity index (χ4v) is 6.11. The second-order valence-corrected chi connectivity index (χ2v) is 8.95. The SMILES string of the molecule is CC(C)c1ccc(C2Nc3c(C(=O)O)cccc3C3C4CCC(C4)C23)cc1. The zero-order valence-corrected chi connectivity index (χ0v) is 16.0. The zero-order valence-electron chi connectivity index (χ0n) is 16.0. The van der Waals surface area contributed by atoms with Gasteiger partial charge in [-0.1, -0.05) is 50.2 Å². The van der Waals surface area contributed by atoms with E-state index in [1.807, 2.05) is 6.07 Å². The maximum atomic E-state index is 11.8. The summed E-state index contributed by atoms with van der Waals surface area (Å²) >= 11 is 0. The molecule has 3 nitrogen and oxygen atoms in total. The first kappa shape index (κ1) is 16.9. The van der Waals surface area contributed by atoms with Crippen LogP contribution >= 0.6 is 0 Å². The van der Waals surface area contributed by atoms with Crippen molar-refractivity contribution in [3.63, 3.8) is 0 Å². The topological polar surface area (TPSA) is 49.3 Å². The van der Waals surface area contributed by atoms with E-state index < -0.39 is 5.97 Å². The molecule has 3 aliphatic rings. The minimum absolute atomic E-state index is 0.208. The number of para-hydroxylation sites is 1. The summed E-state index contributed by atoms with van der Waals surface area (Å²) in [6.07, 6.45) is 3.91. The fourth-order valence-electron chi connectivity index (χ4n) is 6.11. The summed E-state index contributed by atoms with van der Waals surface area (Å²) in [5.74, 6) is 2.22. The molecular weight excluding hydrogens is 334 g/mol. The Labute approximate surface area is 160 Å². The van der Waals surface area contributed by atoms with Gasteiger partial charge >= 0.3 is 5.97 Å². The molecule has 5 atom stereocenters. The third-order valence-electron chi connectivity index (χ3n) is 7.31. The highest BCUT2D eigenvalue weighted by atomic mass is 16.4. The Bertz CT molecular complexity index is 886. The van der Waals surface area contributed by atoms with E-state index >= 15 is 0 Å². The molecule has 2 bridgehead atoms. The Balaban J connectivity index is 1.62. The van der Waals surface area contributed by atoms with Crippen molar-refractivity contribution in [2.24, 2.45) is 17.8 Å². The molecule has 5 rings (SSSR count). The predicted octanol–water partition coefficient (Wildman–Crippen LogP) is 5.80. The standard InChI is InChI=1S/C24H27NO2/c1-13(2)14-6-8-15(9-7-14)22-21-17-11-10-16(12-17)20(21)18-4-3-5-19(24(26)27)23(18)25-22/h3-9,13,16-17,20-22,25H,10-12H2,1-2H3,(H,26,27). The molecule has 0 saturated heterocycles. The molecule has 0 radical (unpaired) electrons. The molecule has 3 heteroatoms. The second kappa shape index (κ2) is 6.12. The Morgan fingerprint density at radius 2 is 1.81 bits per heavy atom. The van der Waals surface area contributed by atoms with Gasteiger partial charge in [-0.2, -0.15) is 0 Å². The van der Waals surface area contributed by atoms with E-state index in [-0.39, 0.29) is 6.04 Å². The number of rotatable bonds is 3. The summed E-state index contributed by atoms with van der Waals surface area (Å²) in [6.45, 7) is 4.43. The van der Waals surface area contributed by atoms with Gasteiger partial charge in [-0.15, -0.1) is 0 Å². The normalized spacial score (nSPS) is 30.7. The van der Waals surface area contributed by atoms with Crippen molar-refractivity contribution >= 4 is 11.7 Å². The largest absolute Gasteiger partial charge is 0.478 e. The minimum Gasteiger partial charge on any atom is -0.478 e. The number of aromatic carboxylic acids is 1. The molecule has 2 aromatic carbocycles. The predicted molar refractivity (Wildman–Crippen MR) is 107 cm³/mol. The molecule has 0 spiro atoms. The van der Waals surface area contributed by atoms with Crippen LogP contribution in [0.2, 0.25) is 0 Å². The molecule has 27 heavy (non-hydrogen) atoms. The zero-order chi connectivity index (χ0) is 18.7. The lowest BCUT2D eigenvalue weighted by Gasteiger charge is -2.44. The average Bonchev–Trinajstić information content (AvgIpc) is 3.29. The maximum absolute atomic E-state index is 11.8. The summed E-state index contributed by atoms with van der Waals surface area (Å²) < 4.78 is 0. The van der Waals surface area contributed by atoms with E-state index in [0.717, 1.165) is 11.6 Å². The van der Waals surface area contributed by atoms with E-state index in [4.69, 9.17) is 0 Å². The van der Waals surface area contributed by atoms with Crippen LogP contribution in [-0.4, -0.2) is 11.1 Å². The van der Waals surface area contributed by atoms with Crippen LogP contribution < -0.4 is 5.32 Å².